The molecule has 2 atom stereocenters. The Bertz CT molecular complexity index is 264. The summed E-state index contributed by atoms with van der Waals surface area (Å²) in [6.07, 6.45) is 9.40. The predicted molar refractivity (Wildman–Crippen MR) is 87.0 cm³/mol. The van der Waals surface area contributed by atoms with Gasteiger partial charge >= 0.3 is 0 Å². The lowest BCUT2D eigenvalue weighted by Crippen LogP contribution is -2.51. The lowest BCUT2D eigenvalue weighted by molar-refractivity contribution is 0.0285. The van der Waals surface area contributed by atoms with Gasteiger partial charge in [-0.05, 0) is 32.4 Å². The fourth-order valence-electron chi connectivity index (χ4n) is 3.05. The van der Waals surface area contributed by atoms with Gasteiger partial charge in [0, 0.05) is 25.7 Å². The van der Waals surface area contributed by atoms with E-state index in [0.29, 0.717) is 0 Å². The lowest BCUT2D eigenvalue weighted by Gasteiger charge is -2.38. The van der Waals surface area contributed by atoms with Crippen LogP contribution in [-0.2, 0) is 0 Å². The average molecular weight is 280 g/mol. The van der Waals surface area contributed by atoms with Gasteiger partial charge in [0.2, 0.25) is 0 Å². The van der Waals surface area contributed by atoms with E-state index in [2.05, 4.69) is 29.9 Å². The molecule has 0 aliphatic carbocycles. The molecule has 0 aromatic carbocycles. The number of aliphatic hydroxyl groups excluding tert-OH is 1. The first-order valence-electron chi connectivity index (χ1n) is 8.09. The Labute approximate surface area is 125 Å². The quantitative estimate of drug-likeness (QED) is 0.623. The molecule has 1 fully saturated rings. The molecule has 0 amide bonds. The van der Waals surface area contributed by atoms with E-state index >= 15 is 0 Å². The Hall–Kier alpha value is -0.640. The molecule has 20 heavy (non-hydrogen) atoms. The Morgan fingerprint density at radius 2 is 1.75 bits per heavy atom. The molecule has 1 heterocycles. The van der Waals surface area contributed by atoms with Crippen molar-refractivity contribution in [2.45, 2.75) is 51.2 Å². The number of hydrogen-bond acceptors (Lipinski definition) is 3. The molecular weight excluding hydrogens is 248 g/mol. The summed E-state index contributed by atoms with van der Waals surface area (Å²) < 4.78 is 0. The molecular formula is C17H32N2O. The normalized spacial score (nSPS) is 19.8. The fraction of sp³-hybridized carbons (Fsp3) is 0.765. The van der Waals surface area contributed by atoms with Gasteiger partial charge in [-0.25, -0.2) is 0 Å². The van der Waals surface area contributed by atoms with Crippen molar-refractivity contribution in [1.82, 2.24) is 9.80 Å². The molecule has 0 aromatic heterocycles. The van der Waals surface area contributed by atoms with Gasteiger partial charge in [0.25, 0.3) is 0 Å². The van der Waals surface area contributed by atoms with Crippen molar-refractivity contribution in [3.63, 3.8) is 0 Å². The van der Waals surface area contributed by atoms with Crippen LogP contribution in [0.25, 0.3) is 0 Å². The zero-order valence-corrected chi connectivity index (χ0v) is 13.1. The second kappa shape index (κ2) is 10.1. The van der Waals surface area contributed by atoms with Crippen LogP contribution in [0.5, 0.6) is 0 Å². The highest BCUT2D eigenvalue weighted by Gasteiger charge is 2.27. The third kappa shape index (κ3) is 5.78. The van der Waals surface area contributed by atoms with E-state index in [1.807, 2.05) is 12.2 Å². The van der Waals surface area contributed by atoms with Gasteiger partial charge in [-0.1, -0.05) is 31.9 Å². The maximum Gasteiger partial charge on any atom is 0.0708 e. The molecule has 0 saturated carbocycles. The van der Waals surface area contributed by atoms with Crippen LogP contribution in [0.1, 0.15) is 39.0 Å². The van der Waals surface area contributed by atoms with Crippen LogP contribution >= 0.6 is 0 Å². The van der Waals surface area contributed by atoms with Gasteiger partial charge in [-0.3, -0.25) is 4.90 Å². The van der Waals surface area contributed by atoms with Crippen molar-refractivity contribution in [3.8, 4) is 0 Å². The number of piperidine rings is 1. The summed E-state index contributed by atoms with van der Waals surface area (Å²) in [4.78, 5) is 4.81. The smallest absolute Gasteiger partial charge is 0.0708 e. The van der Waals surface area contributed by atoms with Crippen LogP contribution in [0.2, 0.25) is 0 Å². The molecule has 1 aliphatic rings. The van der Waals surface area contributed by atoms with Crippen LogP contribution in [0.15, 0.2) is 25.3 Å². The Kier molecular flexibility index (Phi) is 8.83. The van der Waals surface area contributed by atoms with Gasteiger partial charge < -0.3 is 10.0 Å². The molecule has 0 aromatic rings. The van der Waals surface area contributed by atoms with E-state index < -0.39 is 0 Å². The molecule has 0 unspecified atom stereocenters. The minimum absolute atomic E-state index is 0.184. The molecule has 3 nitrogen and oxygen atoms in total. The van der Waals surface area contributed by atoms with Gasteiger partial charge in [0.05, 0.1) is 6.10 Å². The monoisotopic (exact) mass is 280 g/mol. The Morgan fingerprint density at radius 3 is 2.25 bits per heavy atom. The second-order valence-electron chi connectivity index (χ2n) is 5.82. The summed E-state index contributed by atoms with van der Waals surface area (Å²) in [5.41, 5.74) is 0. The SMILES string of the molecule is C=CCN(CC=C)[C@H](CN1CCCCC1)[C@@H](O)CCC. The number of hydrogen-bond donors (Lipinski definition) is 1. The first-order chi connectivity index (χ1) is 9.72. The standard InChI is InChI=1S/C17H32N2O/c1-4-10-17(20)16(19(11-5-2)12-6-3)15-18-13-8-7-9-14-18/h5-6,16-17,20H,2-4,7-15H2,1H3/t16-,17+/m1/s1. The molecule has 116 valence electrons. The maximum absolute atomic E-state index is 10.5. The molecule has 3 heteroatoms. The number of rotatable bonds is 10. The van der Waals surface area contributed by atoms with Gasteiger partial charge in [-0.2, -0.15) is 0 Å². The zero-order valence-electron chi connectivity index (χ0n) is 13.1. The van der Waals surface area contributed by atoms with Crippen molar-refractivity contribution in [1.29, 1.82) is 0 Å². The third-order valence-electron chi connectivity index (χ3n) is 4.12. The van der Waals surface area contributed by atoms with E-state index in [4.69, 9.17) is 0 Å². The van der Waals surface area contributed by atoms with Crippen molar-refractivity contribution in [3.05, 3.63) is 25.3 Å². The summed E-state index contributed by atoms with van der Waals surface area (Å²) in [7, 11) is 0. The number of nitrogens with zero attached hydrogens (tertiary/aromatic N) is 2. The van der Waals surface area contributed by atoms with E-state index in [9.17, 15) is 5.11 Å². The minimum Gasteiger partial charge on any atom is -0.391 e. The summed E-state index contributed by atoms with van der Waals surface area (Å²) >= 11 is 0. The lowest BCUT2D eigenvalue weighted by atomic mass is 10.0. The van der Waals surface area contributed by atoms with Gasteiger partial charge in [0.15, 0.2) is 0 Å². The number of likely N-dealkylation sites (tertiary alicyclic amines) is 1. The van der Waals surface area contributed by atoms with Crippen LogP contribution in [0.4, 0.5) is 0 Å². The van der Waals surface area contributed by atoms with E-state index in [-0.39, 0.29) is 12.1 Å². The highest BCUT2D eigenvalue weighted by Crippen LogP contribution is 2.16. The van der Waals surface area contributed by atoms with E-state index in [1.165, 1.54) is 32.4 Å². The van der Waals surface area contributed by atoms with Gasteiger partial charge in [0.1, 0.15) is 0 Å². The molecule has 0 radical (unpaired) electrons. The fourth-order valence-corrected chi connectivity index (χ4v) is 3.05. The highest BCUT2D eigenvalue weighted by atomic mass is 16.3. The predicted octanol–water partition coefficient (Wildman–Crippen LogP) is 2.68. The summed E-state index contributed by atoms with van der Waals surface area (Å²) in [6.45, 7) is 14.8. The highest BCUT2D eigenvalue weighted by molar-refractivity contribution is 4.90. The molecule has 1 rings (SSSR count). The molecule has 1 aliphatic heterocycles. The molecule has 0 spiro atoms. The van der Waals surface area contributed by atoms with Crippen LogP contribution in [0.3, 0.4) is 0 Å². The molecule has 1 saturated heterocycles. The van der Waals surface area contributed by atoms with Crippen molar-refractivity contribution in [2.24, 2.45) is 0 Å². The first kappa shape index (κ1) is 17.4. The minimum atomic E-state index is -0.262. The van der Waals surface area contributed by atoms with E-state index in [0.717, 1.165) is 32.5 Å². The van der Waals surface area contributed by atoms with Crippen LogP contribution < -0.4 is 0 Å². The van der Waals surface area contributed by atoms with Crippen molar-refractivity contribution < 1.29 is 5.11 Å². The van der Waals surface area contributed by atoms with Crippen LogP contribution in [-0.4, -0.2) is 59.8 Å². The molecule has 0 bridgehead atoms. The first-order valence-corrected chi connectivity index (χ1v) is 8.09. The Balaban J connectivity index is 2.69. The second-order valence-corrected chi connectivity index (χ2v) is 5.82. The maximum atomic E-state index is 10.5. The van der Waals surface area contributed by atoms with E-state index in [1.54, 1.807) is 0 Å². The summed E-state index contributed by atoms with van der Waals surface area (Å²) in [6, 6.07) is 0.184. The van der Waals surface area contributed by atoms with Crippen molar-refractivity contribution >= 4 is 0 Å². The van der Waals surface area contributed by atoms with Crippen LogP contribution in [0, 0.1) is 0 Å². The largest absolute Gasteiger partial charge is 0.391 e. The third-order valence-corrected chi connectivity index (χ3v) is 4.12. The molecule has 1 N–H and O–H groups in total. The zero-order chi connectivity index (χ0) is 14.8. The summed E-state index contributed by atoms with van der Waals surface area (Å²) in [5.74, 6) is 0. The average Bonchev–Trinajstić information content (AvgIpc) is 2.46. The summed E-state index contributed by atoms with van der Waals surface area (Å²) in [5, 5.41) is 10.5. The topological polar surface area (TPSA) is 26.7 Å². The van der Waals surface area contributed by atoms with Gasteiger partial charge in [-0.15, -0.1) is 13.2 Å². The Morgan fingerprint density at radius 1 is 1.15 bits per heavy atom. The van der Waals surface area contributed by atoms with Crippen molar-refractivity contribution in [2.75, 3.05) is 32.7 Å². The number of aliphatic hydroxyl groups is 1.